The Balaban J connectivity index is 1.47. The van der Waals surface area contributed by atoms with Crippen LogP contribution in [0.15, 0.2) is 89.9 Å². The maximum atomic E-state index is 12.9. The van der Waals surface area contributed by atoms with E-state index in [1.54, 1.807) is 59.5 Å². The summed E-state index contributed by atoms with van der Waals surface area (Å²) in [6.07, 6.45) is 3.09. The molecule has 1 aromatic heterocycles. The third-order valence-corrected chi connectivity index (χ3v) is 5.12. The van der Waals surface area contributed by atoms with E-state index in [-0.39, 0.29) is 11.7 Å². The highest BCUT2D eigenvalue weighted by Crippen LogP contribution is 2.18. The summed E-state index contributed by atoms with van der Waals surface area (Å²) < 4.78 is 2.55. The van der Waals surface area contributed by atoms with Gasteiger partial charge in [0.2, 0.25) is 0 Å². The van der Waals surface area contributed by atoms with Crippen LogP contribution in [0.3, 0.4) is 0 Å². The normalized spacial score (nSPS) is 10.6. The molecule has 1 amide bonds. The third-order valence-electron chi connectivity index (χ3n) is 4.60. The molecule has 0 saturated heterocycles. The maximum absolute atomic E-state index is 12.9. The summed E-state index contributed by atoms with van der Waals surface area (Å²) >= 11 is 3.36. The molecule has 0 bridgehead atoms. The lowest BCUT2D eigenvalue weighted by molar-refractivity contribution is 0.0939. The van der Waals surface area contributed by atoms with Crippen LogP contribution < -0.4 is 5.32 Å². The lowest BCUT2D eigenvalue weighted by Gasteiger charge is -2.10. The molecule has 148 valence electrons. The minimum Gasteiger partial charge on any atom is -0.348 e. The van der Waals surface area contributed by atoms with Crippen LogP contribution in [0.1, 0.15) is 31.8 Å². The topological polar surface area (TPSA) is 76.9 Å². The molecule has 7 heteroatoms. The number of ketones is 1. The zero-order valence-corrected chi connectivity index (χ0v) is 17.4. The maximum Gasteiger partial charge on any atom is 0.252 e. The van der Waals surface area contributed by atoms with Crippen LogP contribution in [0.4, 0.5) is 0 Å². The second-order valence-electron chi connectivity index (χ2n) is 6.57. The van der Waals surface area contributed by atoms with Crippen molar-refractivity contribution in [3.63, 3.8) is 0 Å². The number of rotatable bonds is 6. The lowest BCUT2D eigenvalue weighted by atomic mass is 9.98. The minimum absolute atomic E-state index is 0.189. The Bertz CT molecular complexity index is 1170. The molecule has 0 unspecified atom stereocenters. The van der Waals surface area contributed by atoms with Crippen molar-refractivity contribution < 1.29 is 9.59 Å². The zero-order valence-electron chi connectivity index (χ0n) is 15.8. The molecule has 3 aromatic carbocycles. The number of nitrogens with one attached hydrogen (secondary N) is 1. The van der Waals surface area contributed by atoms with Gasteiger partial charge in [-0.3, -0.25) is 9.59 Å². The molecule has 0 saturated carbocycles. The van der Waals surface area contributed by atoms with Crippen LogP contribution in [0.2, 0.25) is 0 Å². The molecular formula is C23H17BrN4O2. The zero-order chi connectivity index (χ0) is 20.9. The molecule has 0 atom stereocenters. The quantitative estimate of drug-likeness (QED) is 0.437. The number of carbonyl (C=O) groups is 2. The molecule has 4 rings (SSSR count). The van der Waals surface area contributed by atoms with Gasteiger partial charge in [-0.25, -0.2) is 9.67 Å². The first-order valence-corrected chi connectivity index (χ1v) is 10.0. The fourth-order valence-electron chi connectivity index (χ4n) is 3.02. The summed E-state index contributed by atoms with van der Waals surface area (Å²) in [6, 6.07) is 21.6. The van der Waals surface area contributed by atoms with E-state index in [4.69, 9.17) is 0 Å². The number of amides is 1. The molecule has 0 spiro atoms. The molecule has 30 heavy (non-hydrogen) atoms. The Morgan fingerprint density at radius 1 is 0.900 bits per heavy atom. The summed E-state index contributed by atoms with van der Waals surface area (Å²) in [5.41, 5.74) is 3.07. The minimum atomic E-state index is -0.295. The number of carbonyl (C=O) groups excluding carboxylic acids is 2. The SMILES string of the molecule is O=C(NCc1ccc(-n2cncn2)cc1)c1ccccc1C(=O)c1ccc(Br)cc1. The molecule has 0 radical (unpaired) electrons. The highest BCUT2D eigenvalue weighted by molar-refractivity contribution is 9.10. The fraction of sp³-hybridized carbons (Fsp3) is 0.0435. The van der Waals surface area contributed by atoms with E-state index >= 15 is 0 Å². The van der Waals surface area contributed by atoms with Gasteiger partial charge in [-0.15, -0.1) is 0 Å². The summed E-state index contributed by atoms with van der Waals surface area (Å²) in [7, 11) is 0. The largest absolute Gasteiger partial charge is 0.348 e. The van der Waals surface area contributed by atoms with E-state index in [1.165, 1.54) is 6.33 Å². The first-order valence-electron chi connectivity index (χ1n) is 9.23. The highest BCUT2D eigenvalue weighted by Gasteiger charge is 2.17. The van der Waals surface area contributed by atoms with Gasteiger partial charge in [0.25, 0.3) is 5.91 Å². The summed E-state index contributed by atoms with van der Waals surface area (Å²) in [6.45, 7) is 0.345. The van der Waals surface area contributed by atoms with Crippen molar-refractivity contribution in [2.75, 3.05) is 0 Å². The van der Waals surface area contributed by atoms with Gasteiger partial charge >= 0.3 is 0 Å². The number of hydrogen-bond acceptors (Lipinski definition) is 4. The molecular weight excluding hydrogens is 444 g/mol. The van der Waals surface area contributed by atoms with E-state index in [0.717, 1.165) is 15.7 Å². The van der Waals surface area contributed by atoms with Gasteiger partial charge in [0.15, 0.2) is 5.78 Å². The Hall–Kier alpha value is -3.58. The second-order valence-corrected chi connectivity index (χ2v) is 7.49. The molecule has 0 fully saturated rings. The lowest BCUT2D eigenvalue weighted by Crippen LogP contribution is -2.25. The molecule has 0 aliphatic carbocycles. The van der Waals surface area contributed by atoms with Gasteiger partial charge in [0, 0.05) is 22.1 Å². The smallest absolute Gasteiger partial charge is 0.252 e. The first-order chi connectivity index (χ1) is 14.6. The van der Waals surface area contributed by atoms with Gasteiger partial charge in [-0.1, -0.05) is 46.3 Å². The van der Waals surface area contributed by atoms with Crippen molar-refractivity contribution in [2.45, 2.75) is 6.54 Å². The van der Waals surface area contributed by atoms with Gasteiger partial charge in [-0.05, 0) is 48.0 Å². The van der Waals surface area contributed by atoms with Gasteiger partial charge < -0.3 is 5.32 Å². The van der Waals surface area contributed by atoms with E-state index < -0.39 is 0 Å². The van der Waals surface area contributed by atoms with Crippen molar-refractivity contribution in [1.29, 1.82) is 0 Å². The molecule has 1 heterocycles. The number of benzene rings is 3. The third kappa shape index (κ3) is 4.36. The average molecular weight is 461 g/mol. The van der Waals surface area contributed by atoms with Crippen LogP contribution in [-0.2, 0) is 6.54 Å². The van der Waals surface area contributed by atoms with Crippen LogP contribution in [0, 0.1) is 0 Å². The summed E-state index contributed by atoms with van der Waals surface area (Å²) in [5.74, 6) is -0.484. The molecule has 6 nitrogen and oxygen atoms in total. The van der Waals surface area contributed by atoms with E-state index in [0.29, 0.717) is 23.2 Å². The Kier molecular flexibility index (Phi) is 5.81. The predicted octanol–water partition coefficient (Wildman–Crippen LogP) is 4.19. The molecule has 1 N–H and O–H groups in total. The second kappa shape index (κ2) is 8.84. The average Bonchev–Trinajstić information content (AvgIpc) is 3.33. The van der Waals surface area contributed by atoms with Crippen LogP contribution in [-0.4, -0.2) is 26.5 Å². The number of halogens is 1. The van der Waals surface area contributed by atoms with Gasteiger partial charge in [0.05, 0.1) is 11.3 Å². The molecule has 4 aromatic rings. The van der Waals surface area contributed by atoms with E-state index in [2.05, 4.69) is 31.3 Å². The van der Waals surface area contributed by atoms with Crippen molar-refractivity contribution in [1.82, 2.24) is 20.1 Å². The van der Waals surface area contributed by atoms with Crippen molar-refractivity contribution >= 4 is 27.6 Å². The number of aromatic nitrogens is 3. The van der Waals surface area contributed by atoms with Crippen molar-refractivity contribution in [3.05, 3.63) is 112 Å². The Morgan fingerprint density at radius 2 is 1.60 bits per heavy atom. The Labute approximate surface area is 181 Å². The fourth-order valence-corrected chi connectivity index (χ4v) is 3.29. The standard InChI is InChI=1S/C23H17BrN4O2/c24-18-9-7-17(8-10-18)22(29)20-3-1-2-4-21(20)23(30)26-13-16-5-11-19(12-6-16)28-15-25-14-27-28/h1-12,14-15H,13H2,(H,26,30). The monoisotopic (exact) mass is 460 g/mol. The van der Waals surface area contributed by atoms with Gasteiger partial charge in [0.1, 0.15) is 12.7 Å². The van der Waals surface area contributed by atoms with E-state index in [9.17, 15) is 9.59 Å². The van der Waals surface area contributed by atoms with Crippen molar-refractivity contribution in [2.24, 2.45) is 0 Å². The Morgan fingerprint density at radius 3 is 2.27 bits per heavy atom. The number of hydrogen-bond donors (Lipinski definition) is 1. The van der Waals surface area contributed by atoms with Gasteiger partial charge in [-0.2, -0.15) is 5.10 Å². The highest BCUT2D eigenvalue weighted by atomic mass is 79.9. The first kappa shape index (κ1) is 19.7. The predicted molar refractivity (Wildman–Crippen MR) is 117 cm³/mol. The van der Waals surface area contributed by atoms with E-state index in [1.807, 2.05) is 24.3 Å². The van der Waals surface area contributed by atoms with Crippen LogP contribution >= 0.6 is 15.9 Å². The summed E-state index contributed by atoms with van der Waals surface area (Å²) in [5, 5.41) is 6.98. The summed E-state index contributed by atoms with van der Waals surface area (Å²) in [4.78, 5) is 29.6. The van der Waals surface area contributed by atoms with Crippen LogP contribution in [0.25, 0.3) is 5.69 Å². The molecule has 0 aliphatic heterocycles. The van der Waals surface area contributed by atoms with Crippen LogP contribution in [0.5, 0.6) is 0 Å². The molecule has 0 aliphatic rings. The number of nitrogens with zero attached hydrogens (tertiary/aromatic N) is 3. The van der Waals surface area contributed by atoms with Crippen molar-refractivity contribution in [3.8, 4) is 5.69 Å².